The van der Waals surface area contributed by atoms with Gasteiger partial charge in [-0.25, -0.2) is 18.3 Å². The maximum absolute atomic E-state index is 13.0. The van der Waals surface area contributed by atoms with Crippen LogP contribution in [0.1, 0.15) is 35.7 Å². The minimum absolute atomic E-state index is 0.0361. The van der Waals surface area contributed by atoms with Gasteiger partial charge in [-0.3, -0.25) is 0 Å². The van der Waals surface area contributed by atoms with E-state index in [4.69, 9.17) is 5.11 Å². The molecular formula is C11H13F2N3O2. The Labute approximate surface area is 102 Å². The highest BCUT2D eigenvalue weighted by atomic mass is 19.3. The smallest absolute Gasteiger partial charge is 0.341 e. The number of aromatic carboxylic acids is 1. The highest BCUT2D eigenvalue weighted by Crippen LogP contribution is 2.42. The van der Waals surface area contributed by atoms with Gasteiger partial charge in [0.05, 0.1) is 6.20 Å². The molecule has 0 amide bonds. The Kier molecular flexibility index (Phi) is 2.49. The summed E-state index contributed by atoms with van der Waals surface area (Å²) < 4.78 is 27.2. The van der Waals surface area contributed by atoms with E-state index in [2.05, 4.69) is 10.4 Å². The van der Waals surface area contributed by atoms with Crippen LogP contribution in [-0.4, -0.2) is 33.3 Å². The van der Waals surface area contributed by atoms with Crippen LogP contribution >= 0.6 is 0 Å². The van der Waals surface area contributed by atoms with Gasteiger partial charge >= 0.3 is 5.97 Å². The standard InChI is InChI=1S/C11H13F2N3O2/c12-9(13)8-3-7(5-1-2-5)15-10-6(11(17)18)4-14-16(8)10/h4-5,7-9,15H,1-3H2,(H,17,18). The maximum atomic E-state index is 13.0. The first-order chi connectivity index (χ1) is 8.58. The van der Waals surface area contributed by atoms with Crippen LogP contribution in [0.15, 0.2) is 6.20 Å². The molecule has 98 valence electrons. The van der Waals surface area contributed by atoms with Crippen molar-refractivity contribution in [2.75, 3.05) is 5.32 Å². The number of hydrogen-bond donors (Lipinski definition) is 2. The Hall–Kier alpha value is -1.66. The summed E-state index contributed by atoms with van der Waals surface area (Å²) in [5, 5.41) is 15.9. The molecule has 2 heterocycles. The summed E-state index contributed by atoms with van der Waals surface area (Å²) in [4.78, 5) is 11.0. The molecule has 1 aliphatic heterocycles. The molecule has 1 aliphatic carbocycles. The molecule has 2 unspecified atom stereocenters. The van der Waals surface area contributed by atoms with Crippen molar-refractivity contribution in [1.82, 2.24) is 9.78 Å². The Morgan fingerprint density at radius 2 is 2.28 bits per heavy atom. The van der Waals surface area contributed by atoms with Gasteiger partial charge in [0, 0.05) is 6.04 Å². The fourth-order valence-corrected chi connectivity index (χ4v) is 2.53. The number of carboxylic acid groups (broad SMARTS) is 1. The van der Waals surface area contributed by atoms with Crippen LogP contribution in [0.4, 0.5) is 14.6 Å². The summed E-state index contributed by atoms with van der Waals surface area (Å²) in [6.45, 7) is 0. The number of carbonyl (C=O) groups is 1. The first-order valence-electron chi connectivity index (χ1n) is 5.93. The number of rotatable bonds is 3. The predicted octanol–water partition coefficient (Wildman–Crippen LogP) is 1.98. The monoisotopic (exact) mass is 257 g/mol. The molecule has 0 saturated heterocycles. The van der Waals surface area contributed by atoms with Gasteiger partial charge < -0.3 is 10.4 Å². The van der Waals surface area contributed by atoms with E-state index in [1.54, 1.807) is 0 Å². The maximum Gasteiger partial charge on any atom is 0.341 e. The average Bonchev–Trinajstić information content (AvgIpc) is 3.07. The zero-order chi connectivity index (χ0) is 12.9. The molecule has 1 fully saturated rings. The Morgan fingerprint density at radius 3 is 2.83 bits per heavy atom. The molecule has 3 rings (SSSR count). The van der Waals surface area contributed by atoms with Crippen LogP contribution in [0, 0.1) is 5.92 Å². The summed E-state index contributed by atoms with van der Waals surface area (Å²) in [6.07, 6.45) is 0.938. The number of aromatic nitrogens is 2. The lowest BCUT2D eigenvalue weighted by atomic mass is 10.0. The summed E-state index contributed by atoms with van der Waals surface area (Å²) in [7, 11) is 0. The molecule has 0 spiro atoms. The van der Waals surface area contributed by atoms with Gasteiger partial charge in [-0.1, -0.05) is 0 Å². The number of fused-ring (bicyclic) bond motifs is 1. The Bertz CT molecular complexity index is 485. The largest absolute Gasteiger partial charge is 0.477 e. The van der Waals surface area contributed by atoms with Crippen molar-refractivity contribution >= 4 is 11.8 Å². The van der Waals surface area contributed by atoms with Crippen molar-refractivity contribution in [3.05, 3.63) is 11.8 Å². The zero-order valence-corrected chi connectivity index (χ0v) is 9.51. The number of halogens is 2. The third kappa shape index (κ3) is 1.74. The van der Waals surface area contributed by atoms with E-state index in [1.165, 1.54) is 0 Å². The second-order valence-electron chi connectivity index (χ2n) is 4.88. The van der Waals surface area contributed by atoms with Crippen LogP contribution in [0.3, 0.4) is 0 Å². The lowest BCUT2D eigenvalue weighted by Crippen LogP contribution is -2.37. The van der Waals surface area contributed by atoms with Gasteiger partial charge in [0.2, 0.25) is 0 Å². The summed E-state index contributed by atoms with van der Waals surface area (Å²) in [5.41, 5.74) is -0.0361. The zero-order valence-electron chi connectivity index (χ0n) is 9.51. The van der Waals surface area contributed by atoms with E-state index in [1.807, 2.05) is 0 Å². The van der Waals surface area contributed by atoms with Gasteiger partial charge in [0.25, 0.3) is 6.43 Å². The van der Waals surface area contributed by atoms with Crippen LogP contribution in [-0.2, 0) is 0 Å². The molecule has 0 radical (unpaired) electrons. The average molecular weight is 257 g/mol. The molecule has 2 N–H and O–H groups in total. The van der Waals surface area contributed by atoms with Gasteiger partial charge in [-0.05, 0) is 25.2 Å². The van der Waals surface area contributed by atoms with Gasteiger partial charge in [-0.15, -0.1) is 0 Å². The van der Waals surface area contributed by atoms with Crippen molar-refractivity contribution < 1.29 is 18.7 Å². The SMILES string of the molecule is O=C(O)c1cnn2c1NC(C1CC1)CC2C(F)F. The van der Waals surface area contributed by atoms with Crippen molar-refractivity contribution in [1.29, 1.82) is 0 Å². The molecule has 18 heavy (non-hydrogen) atoms. The molecule has 2 aliphatic rings. The lowest BCUT2D eigenvalue weighted by Gasteiger charge is -2.32. The number of alkyl halides is 2. The fourth-order valence-electron chi connectivity index (χ4n) is 2.53. The molecule has 2 atom stereocenters. The van der Waals surface area contributed by atoms with Crippen molar-refractivity contribution in [2.24, 2.45) is 5.92 Å². The molecule has 5 nitrogen and oxygen atoms in total. The molecule has 1 aromatic heterocycles. The van der Waals surface area contributed by atoms with Crippen LogP contribution in [0.5, 0.6) is 0 Å². The fraction of sp³-hybridized carbons (Fsp3) is 0.636. The summed E-state index contributed by atoms with van der Waals surface area (Å²) in [6, 6.07) is -1.09. The van der Waals surface area contributed by atoms with E-state index >= 15 is 0 Å². The highest BCUT2D eigenvalue weighted by Gasteiger charge is 2.41. The molecular weight excluding hydrogens is 244 g/mol. The Balaban J connectivity index is 1.99. The normalized spacial score (nSPS) is 26.8. The number of anilines is 1. The van der Waals surface area contributed by atoms with Crippen LogP contribution in [0.25, 0.3) is 0 Å². The first-order valence-corrected chi connectivity index (χ1v) is 5.93. The van der Waals surface area contributed by atoms with E-state index < -0.39 is 18.4 Å². The third-order valence-corrected chi connectivity index (χ3v) is 3.64. The van der Waals surface area contributed by atoms with E-state index in [-0.39, 0.29) is 17.4 Å². The van der Waals surface area contributed by atoms with E-state index in [0.717, 1.165) is 23.7 Å². The van der Waals surface area contributed by atoms with Crippen LogP contribution < -0.4 is 5.32 Å². The second kappa shape index (κ2) is 3.93. The predicted molar refractivity (Wildman–Crippen MR) is 59.0 cm³/mol. The Morgan fingerprint density at radius 1 is 1.56 bits per heavy atom. The summed E-state index contributed by atoms with van der Waals surface area (Å²) in [5.74, 6) is -0.541. The third-order valence-electron chi connectivity index (χ3n) is 3.64. The quantitative estimate of drug-likeness (QED) is 0.868. The molecule has 1 saturated carbocycles. The van der Waals surface area contributed by atoms with Crippen LogP contribution in [0.2, 0.25) is 0 Å². The number of nitrogens with zero attached hydrogens (tertiary/aromatic N) is 2. The van der Waals surface area contributed by atoms with E-state index in [9.17, 15) is 13.6 Å². The highest BCUT2D eigenvalue weighted by molar-refractivity contribution is 5.93. The number of carboxylic acids is 1. The van der Waals surface area contributed by atoms with Gasteiger partial charge in [0.15, 0.2) is 0 Å². The van der Waals surface area contributed by atoms with Crippen molar-refractivity contribution in [2.45, 2.75) is 37.8 Å². The van der Waals surface area contributed by atoms with E-state index in [0.29, 0.717) is 12.3 Å². The molecule has 7 heteroatoms. The van der Waals surface area contributed by atoms with Gasteiger partial charge in [-0.2, -0.15) is 5.10 Å². The molecule has 0 bridgehead atoms. The number of nitrogens with one attached hydrogen (secondary N) is 1. The van der Waals surface area contributed by atoms with Crippen molar-refractivity contribution in [3.63, 3.8) is 0 Å². The second-order valence-corrected chi connectivity index (χ2v) is 4.88. The van der Waals surface area contributed by atoms with Crippen molar-refractivity contribution in [3.8, 4) is 0 Å². The number of hydrogen-bond acceptors (Lipinski definition) is 3. The lowest BCUT2D eigenvalue weighted by molar-refractivity contribution is 0.0633. The topological polar surface area (TPSA) is 67.1 Å². The molecule has 1 aromatic rings. The first kappa shape index (κ1) is 11.4. The minimum atomic E-state index is -2.53. The minimum Gasteiger partial charge on any atom is -0.477 e. The molecule has 0 aromatic carbocycles. The van der Waals surface area contributed by atoms with Gasteiger partial charge in [0.1, 0.15) is 17.4 Å². The summed E-state index contributed by atoms with van der Waals surface area (Å²) >= 11 is 0.